The highest BCUT2D eigenvalue weighted by Crippen LogP contribution is 2.32. The summed E-state index contributed by atoms with van der Waals surface area (Å²) in [5.74, 6) is -0.401. The maximum absolute atomic E-state index is 12.0. The van der Waals surface area contributed by atoms with Crippen molar-refractivity contribution in [2.24, 2.45) is 0 Å². The van der Waals surface area contributed by atoms with Crippen molar-refractivity contribution in [1.82, 2.24) is 10.3 Å². The van der Waals surface area contributed by atoms with Crippen LogP contribution in [-0.2, 0) is 14.3 Å². The number of carbonyl (C=O) groups excluding carboxylic acids is 3. The molecule has 0 spiro atoms. The zero-order valence-corrected chi connectivity index (χ0v) is 16.9. The third-order valence-electron chi connectivity index (χ3n) is 4.07. The first kappa shape index (κ1) is 20.4. The third-order valence-corrected chi connectivity index (χ3v) is 5.07. The van der Waals surface area contributed by atoms with E-state index < -0.39 is 24.5 Å². The fourth-order valence-corrected chi connectivity index (χ4v) is 3.60. The van der Waals surface area contributed by atoms with Gasteiger partial charge in [0.2, 0.25) is 0 Å². The molecule has 1 aliphatic rings. The Balaban J connectivity index is 1.23. The second-order valence-electron chi connectivity index (χ2n) is 6.32. The van der Waals surface area contributed by atoms with Crippen molar-refractivity contribution in [3.05, 3.63) is 53.5 Å². The van der Waals surface area contributed by atoms with E-state index in [1.54, 1.807) is 18.2 Å². The predicted molar refractivity (Wildman–Crippen MR) is 114 cm³/mol. The number of hydrogen-bond acceptors (Lipinski definition) is 8. The molecule has 1 aliphatic heterocycles. The summed E-state index contributed by atoms with van der Waals surface area (Å²) in [6.45, 7) is 0.279. The number of fused-ring (bicyclic) bond motifs is 2. The van der Waals surface area contributed by atoms with Gasteiger partial charge in [0.05, 0.1) is 10.2 Å². The van der Waals surface area contributed by atoms with Crippen LogP contribution in [0.2, 0.25) is 0 Å². The molecular weight excluding hydrogens is 422 g/mol. The number of carbonyl (C=O) groups is 3. The van der Waals surface area contributed by atoms with Crippen LogP contribution in [0.15, 0.2) is 48.5 Å². The molecule has 2 aromatic carbocycles. The van der Waals surface area contributed by atoms with E-state index in [-0.39, 0.29) is 0 Å². The van der Waals surface area contributed by atoms with Crippen molar-refractivity contribution in [2.45, 2.75) is 0 Å². The number of anilines is 1. The lowest BCUT2D eigenvalue weighted by molar-refractivity contribution is -0.143. The highest BCUT2D eigenvalue weighted by molar-refractivity contribution is 7.19. The molecular formula is C21H17N3O6S. The highest BCUT2D eigenvalue weighted by atomic mass is 32.1. The van der Waals surface area contributed by atoms with Crippen molar-refractivity contribution in [3.63, 3.8) is 0 Å². The monoisotopic (exact) mass is 439 g/mol. The van der Waals surface area contributed by atoms with Crippen LogP contribution in [0.1, 0.15) is 5.01 Å². The van der Waals surface area contributed by atoms with E-state index in [9.17, 15) is 14.4 Å². The molecule has 3 aromatic rings. The van der Waals surface area contributed by atoms with Gasteiger partial charge in [0.15, 0.2) is 18.1 Å². The van der Waals surface area contributed by atoms with Crippen molar-refractivity contribution in [2.75, 3.05) is 25.1 Å². The largest absolute Gasteiger partial charge is 0.486 e. The van der Waals surface area contributed by atoms with Gasteiger partial charge in [-0.1, -0.05) is 12.1 Å². The first-order valence-corrected chi connectivity index (χ1v) is 10.1. The quantitative estimate of drug-likeness (QED) is 0.464. The smallest absolute Gasteiger partial charge is 0.331 e. The van der Waals surface area contributed by atoms with Crippen LogP contribution in [0.3, 0.4) is 0 Å². The van der Waals surface area contributed by atoms with Crippen LogP contribution in [0.5, 0.6) is 11.5 Å². The van der Waals surface area contributed by atoms with E-state index in [1.807, 2.05) is 24.3 Å². The average Bonchev–Trinajstić information content (AvgIpc) is 3.19. The molecule has 2 N–H and O–H groups in total. The van der Waals surface area contributed by atoms with Gasteiger partial charge in [0, 0.05) is 17.8 Å². The Bertz CT molecular complexity index is 1140. The second kappa shape index (κ2) is 9.26. The third kappa shape index (κ3) is 5.37. The number of imide groups is 1. The predicted octanol–water partition coefficient (Wildman–Crippen LogP) is 2.97. The lowest BCUT2D eigenvalue weighted by atomic mass is 10.2. The molecule has 158 valence electrons. The molecule has 10 heteroatoms. The Morgan fingerprint density at radius 3 is 2.74 bits per heavy atom. The van der Waals surface area contributed by atoms with E-state index in [0.29, 0.717) is 35.4 Å². The fraction of sp³-hybridized carbons (Fsp3) is 0.143. The molecule has 9 nitrogen and oxygen atoms in total. The number of rotatable bonds is 5. The molecule has 0 radical (unpaired) electrons. The molecule has 4 rings (SSSR count). The minimum atomic E-state index is -0.767. The van der Waals surface area contributed by atoms with Crippen LogP contribution in [0.4, 0.5) is 10.5 Å². The van der Waals surface area contributed by atoms with Crippen LogP contribution in [0.25, 0.3) is 16.3 Å². The summed E-state index contributed by atoms with van der Waals surface area (Å²) < 4.78 is 16.7. The van der Waals surface area contributed by atoms with E-state index in [0.717, 1.165) is 10.2 Å². The number of hydrogen-bond donors (Lipinski definition) is 2. The first-order chi connectivity index (χ1) is 15.1. The number of nitrogens with zero attached hydrogens (tertiary/aromatic N) is 1. The zero-order valence-electron chi connectivity index (χ0n) is 16.1. The van der Waals surface area contributed by atoms with E-state index in [1.165, 1.54) is 23.5 Å². The summed E-state index contributed by atoms with van der Waals surface area (Å²) in [6, 6.07) is 11.7. The summed E-state index contributed by atoms with van der Waals surface area (Å²) in [5, 5.41) is 5.23. The van der Waals surface area contributed by atoms with Crippen LogP contribution >= 0.6 is 11.3 Å². The summed E-state index contributed by atoms with van der Waals surface area (Å²) >= 11 is 1.43. The van der Waals surface area contributed by atoms with Crippen molar-refractivity contribution in [3.8, 4) is 11.5 Å². The molecule has 0 aliphatic carbocycles. The number of nitrogens with one attached hydrogen (secondary N) is 2. The highest BCUT2D eigenvalue weighted by Gasteiger charge is 2.14. The fourth-order valence-electron chi connectivity index (χ4n) is 2.73. The van der Waals surface area contributed by atoms with Crippen LogP contribution in [0, 0.1) is 0 Å². The number of aromatic nitrogens is 1. The molecule has 0 unspecified atom stereocenters. The molecule has 0 atom stereocenters. The number of urea groups is 1. The minimum absolute atomic E-state index is 0.417. The maximum Gasteiger partial charge on any atom is 0.331 e. The van der Waals surface area contributed by atoms with Gasteiger partial charge in [0.25, 0.3) is 5.91 Å². The number of benzene rings is 2. The number of para-hydroxylation sites is 1. The summed E-state index contributed by atoms with van der Waals surface area (Å²) in [5.41, 5.74) is 1.26. The Kier molecular flexibility index (Phi) is 6.08. The average molecular weight is 439 g/mol. The standard InChI is InChI=1S/C21H17N3O6S/c25-18(24-21(27)22-13-5-6-15-16(11-13)29-10-9-28-15)12-30-20(26)8-7-19-23-14-3-1-2-4-17(14)31-19/h1-8,11H,9-10,12H2,(H2,22,24,25,27). The Hall–Kier alpha value is -3.92. The summed E-state index contributed by atoms with van der Waals surface area (Å²) in [6.07, 6.45) is 2.69. The van der Waals surface area contributed by atoms with Gasteiger partial charge in [-0.05, 0) is 30.3 Å². The van der Waals surface area contributed by atoms with Gasteiger partial charge in [-0.25, -0.2) is 14.6 Å². The van der Waals surface area contributed by atoms with E-state index in [4.69, 9.17) is 14.2 Å². The summed E-state index contributed by atoms with van der Waals surface area (Å²) in [4.78, 5) is 40.0. The van der Waals surface area contributed by atoms with E-state index in [2.05, 4.69) is 15.6 Å². The molecule has 0 fully saturated rings. The van der Waals surface area contributed by atoms with Crippen LogP contribution in [-0.4, -0.2) is 42.7 Å². The minimum Gasteiger partial charge on any atom is -0.486 e. The number of thiazole rings is 1. The topological polar surface area (TPSA) is 116 Å². The molecule has 2 heterocycles. The number of esters is 1. The molecule has 1 aromatic heterocycles. The Morgan fingerprint density at radius 2 is 1.90 bits per heavy atom. The Labute approximate surface area is 180 Å². The van der Waals surface area contributed by atoms with Crippen molar-refractivity contribution < 1.29 is 28.6 Å². The molecule has 31 heavy (non-hydrogen) atoms. The van der Waals surface area contributed by atoms with Gasteiger partial charge >= 0.3 is 12.0 Å². The van der Waals surface area contributed by atoms with E-state index >= 15 is 0 Å². The lowest BCUT2D eigenvalue weighted by Gasteiger charge is -2.19. The second-order valence-corrected chi connectivity index (χ2v) is 7.38. The molecule has 0 bridgehead atoms. The molecule has 3 amide bonds. The Morgan fingerprint density at radius 1 is 1.10 bits per heavy atom. The normalized spacial score (nSPS) is 12.5. The number of amides is 3. The van der Waals surface area contributed by atoms with Crippen molar-refractivity contribution in [1.29, 1.82) is 0 Å². The van der Waals surface area contributed by atoms with Gasteiger partial charge in [-0.15, -0.1) is 11.3 Å². The SMILES string of the molecule is O=C(COC(=O)C=Cc1nc2ccccc2s1)NC(=O)Nc1ccc2c(c1)OCCO2. The molecule has 0 saturated heterocycles. The maximum atomic E-state index is 12.0. The van der Waals surface area contributed by atoms with Gasteiger partial charge in [0.1, 0.15) is 18.2 Å². The number of ether oxygens (including phenoxy) is 3. The summed E-state index contributed by atoms with van der Waals surface area (Å²) in [7, 11) is 0. The van der Waals surface area contributed by atoms with Crippen LogP contribution < -0.4 is 20.1 Å². The lowest BCUT2D eigenvalue weighted by Crippen LogP contribution is -2.37. The van der Waals surface area contributed by atoms with Gasteiger partial charge in [-0.2, -0.15) is 0 Å². The first-order valence-electron chi connectivity index (χ1n) is 9.28. The van der Waals surface area contributed by atoms with Gasteiger partial charge in [-0.3, -0.25) is 10.1 Å². The molecule has 0 saturated carbocycles. The zero-order chi connectivity index (χ0) is 21.6. The van der Waals surface area contributed by atoms with Gasteiger partial charge < -0.3 is 19.5 Å². The van der Waals surface area contributed by atoms with Crippen molar-refractivity contribution >= 4 is 51.2 Å².